The Kier molecular flexibility index (Phi) is 7.00. The van der Waals surface area contributed by atoms with Crippen LogP contribution in [0.3, 0.4) is 0 Å². The van der Waals surface area contributed by atoms with Crippen LogP contribution in [0.1, 0.15) is 30.7 Å². The molecule has 0 unspecified atom stereocenters. The molecule has 1 N–H and O–H groups in total. The molecule has 1 aliphatic carbocycles. The molecule has 2 rings (SSSR count). The van der Waals surface area contributed by atoms with Crippen LogP contribution in [-0.4, -0.2) is 44.7 Å². The van der Waals surface area contributed by atoms with Crippen LogP contribution < -0.4 is 5.32 Å². The Hall–Kier alpha value is -0.950. The minimum absolute atomic E-state index is 0.467. The summed E-state index contributed by atoms with van der Waals surface area (Å²) < 4.78 is 21.0. The molecule has 0 spiro atoms. The predicted molar refractivity (Wildman–Crippen MR) is 73.3 cm³/mol. The van der Waals surface area contributed by atoms with E-state index in [1.54, 1.807) is 7.11 Å². The van der Waals surface area contributed by atoms with E-state index in [9.17, 15) is 0 Å². The summed E-state index contributed by atoms with van der Waals surface area (Å²) in [7, 11) is 1.66. The first-order chi connectivity index (χ1) is 9.88. The Bertz CT molecular complexity index is 366. The maximum Gasteiger partial charge on any atom is 0.162 e. The van der Waals surface area contributed by atoms with Crippen molar-refractivity contribution in [3.05, 3.63) is 17.5 Å². The molecule has 114 valence electrons. The van der Waals surface area contributed by atoms with Crippen LogP contribution in [-0.2, 0) is 27.4 Å². The van der Waals surface area contributed by atoms with Crippen molar-refractivity contribution < 1.29 is 18.7 Å². The third-order valence-electron chi connectivity index (χ3n) is 3.01. The van der Waals surface area contributed by atoms with Gasteiger partial charge in [0.2, 0.25) is 0 Å². The fourth-order valence-corrected chi connectivity index (χ4v) is 1.72. The van der Waals surface area contributed by atoms with Gasteiger partial charge in [0.25, 0.3) is 0 Å². The van der Waals surface area contributed by atoms with Crippen molar-refractivity contribution in [3.8, 4) is 0 Å². The van der Waals surface area contributed by atoms with Crippen LogP contribution >= 0.6 is 0 Å². The average Bonchev–Trinajstić information content (AvgIpc) is 3.18. The Morgan fingerprint density at radius 3 is 2.90 bits per heavy atom. The van der Waals surface area contributed by atoms with Crippen molar-refractivity contribution in [2.45, 2.75) is 38.5 Å². The Labute approximate surface area is 119 Å². The number of hydrogen-bond donors (Lipinski definition) is 1. The molecule has 0 aromatic carbocycles. The molecule has 20 heavy (non-hydrogen) atoms. The fraction of sp³-hybridized carbons (Fsp3) is 0.786. The van der Waals surface area contributed by atoms with Crippen LogP contribution in [0.15, 0.2) is 10.6 Å². The maximum atomic E-state index is 5.51. The first-order valence-corrected chi connectivity index (χ1v) is 7.21. The minimum atomic E-state index is 0.467. The number of nitrogens with zero attached hydrogens (tertiary/aromatic N) is 1. The average molecular weight is 284 g/mol. The normalized spacial score (nSPS) is 14.8. The van der Waals surface area contributed by atoms with Gasteiger partial charge in [-0.05, 0) is 19.3 Å². The smallest absolute Gasteiger partial charge is 0.162 e. The van der Waals surface area contributed by atoms with E-state index in [1.807, 2.05) is 6.07 Å². The summed E-state index contributed by atoms with van der Waals surface area (Å²) in [6.45, 7) is 3.86. The van der Waals surface area contributed by atoms with Gasteiger partial charge in [-0.2, -0.15) is 0 Å². The lowest BCUT2D eigenvalue weighted by molar-refractivity contribution is 0.0443. The maximum absolute atomic E-state index is 5.51. The van der Waals surface area contributed by atoms with Crippen molar-refractivity contribution >= 4 is 0 Å². The molecule has 0 radical (unpaired) electrons. The quantitative estimate of drug-likeness (QED) is 0.587. The molecule has 6 heteroatoms. The molecule has 1 aromatic rings. The highest BCUT2D eigenvalue weighted by molar-refractivity contribution is 5.04. The number of ether oxygens (including phenoxy) is 3. The van der Waals surface area contributed by atoms with Gasteiger partial charge in [0.05, 0.1) is 18.9 Å². The number of methoxy groups -OCH3 is 1. The van der Waals surface area contributed by atoms with Gasteiger partial charge in [-0.25, -0.2) is 0 Å². The Morgan fingerprint density at radius 1 is 1.25 bits per heavy atom. The highest BCUT2D eigenvalue weighted by Crippen LogP contribution is 2.19. The lowest BCUT2D eigenvalue weighted by Crippen LogP contribution is -2.15. The molecule has 1 saturated carbocycles. The topological polar surface area (TPSA) is 65.8 Å². The Morgan fingerprint density at radius 2 is 2.10 bits per heavy atom. The lowest BCUT2D eigenvalue weighted by atomic mass is 10.3. The first kappa shape index (κ1) is 15.4. The first-order valence-electron chi connectivity index (χ1n) is 7.21. The van der Waals surface area contributed by atoms with Crippen molar-refractivity contribution in [3.63, 3.8) is 0 Å². The molecule has 0 bridgehead atoms. The fourth-order valence-electron chi connectivity index (χ4n) is 1.72. The van der Waals surface area contributed by atoms with Crippen molar-refractivity contribution in [2.75, 3.05) is 33.5 Å². The van der Waals surface area contributed by atoms with Crippen LogP contribution in [0.4, 0.5) is 0 Å². The summed E-state index contributed by atoms with van der Waals surface area (Å²) in [6, 6.07) is 2.63. The molecule has 1 aromatic heterocycles. The molecular weight excluding hydrogens is 260 g/mol. The molecule has 0 saturated heterocycles. The van der Waals surface area contributed by atoms with Crippen molar-refractivity contribution in [1.29, 1.82) is 0 Å². The van der Waals surface area contributed by atoms with E-state index in [2.05, 4.69) is 10.5 Å². The van der Waals surface area contributed by atoms with Crippen LogP contribution in [0.5, 0.6) is 0 Å². The minimum Gasteiger partial charge on any atom is -0.382 e. The van der Waals surface area contributed by atoms with Gasteiger partial charge < -0.3 is 24.1 Å². The third kappa shape index (κ3) is 6.47. The van der Waals surface area contributed by atoms with Gasteiger partial charge in [0.1, 0.15) is 6.61 Å². The van der Waals surface area contributed by atoms with Crippen molar-refractivity contribution in [2.24, 2.45) is 0 Å². The van der Waals surface area contributed by atoms with E-state index in [0.29, 0.717) is 39.1 Å². The summed E-state index contributed by atoms with van der Waals surface area (Å²) >= 11 is 0. The highest BCUT2D eigenvalue weighted by atomic mass is 16.5. The summed E-state index contributed by atoms with van der Waals surface area (Å²) in [4.78, 5) is 0. The van der Waals surface area contributed by atoms with E-state index in [-0.39, 0.29) is 0 Å². The molecule has 1 heterocycles. The van der Waals surface area contributed by atoms with Gasteiger partial charge in [-0.3, -0.25) is 0 Å². The number of hydrogen-bond acceptors (Lipinski definition) is 6. The zero-order valence-corrected chi connectivity index (χ0v) is 12.1. The van der Waals surface area contributed by atoms with E-state index in [0.717, 1.165) is 24.4 Å². The second kappa shape index (κ2) is 9.07. The van der Waals surface area contributed by atoms with Gasteiger partial charge in [0, 0.05) is 39.0 Å². The van der Waals surface area contributed by atoms with E-state index >= 15 is 0 Å². The van der Waals surface area contributed by atoms with E-state index < -0.39 is 0 Å². The number of aromatic nitrogens is 1. The zero-order valence-electron chi connectivity index (χ0n) is 12.1. The summed E-state index contributed by atoms with van der Waals surface area (Å²) in [6.07, 6.45) is 3.43. The van der Waals surface area contributed by atoms with Gasteiger partial charge in [-0.15, -0.1) is 0 Å². The van der Waals surface area contributed by atoms with E-state index in [1.165, 1.54) is 12.8 Å². The largest absolute Gasteiger partial charge is 0.382 e. The van der Waals surface area contributed by atoms with E-state index in [4.69, 9.17) is 18.7 Å². The Balaban J connectivity index is 1.46. The molecule has 0 atom stereocenters. The molecule has 6 nitrogen and oxygen atoms in total. The second-order valence-corrected chi connectivity index (χ2v) is 4.95. The van der Waals surface area contributed by atoms with Crippen LogP contribution in [0.25, 0.3) is 0 Å². The zero-order chi connectivity index (χ0) is 14.0. The molecule has 1 aliphatic rings. The highest BCUT2D eigenvalue weighted by Gasteiger charge is 2.20. The van der Waals surface area contributed by atoms with Crippen LogP contribution in [0, 0.1) is 0 Å². The molecular formula is C14H24N2O4. The predicted octanol–water partition coefficient (Wildman–Crippen LogP) is 1.50. The molecule has 0 aliphatic heterocycles. The molecule has 0 amide bonds. The molecule has 1 fully saturated rings. The number of rotatable bonds is 12. The van der Waals surface area contributed by atoms with Crippen LogP contribution in [0.2, 0.25) is 0 Å². The summed E-state index contributed by atoms with van der Waals surface area (Å²) in [5, 5.41) is 7.41. The number of nitrogens with one attached hydrogen (secondary N) is 1. The summed E-state index contributed by atoms with van der Waals surface area (Å²) in [5.74, 6) is 0.776. The third-order valence-corrected chi connectivity index (χ3v) is 3.01. The van der Waals surface area contributed by atoms with Gasteiger partial charge in [0.15, 0.2) is 5.76 Å². The van der Waals surface area contributed by atoms with Crippen molar-refractivity contribution in [1.82, 2.24) is 10.5 Å². The van der Waals surface area contributed by atoms with Gasteiger partial charge >= 0.3 is 0 Å². The summed E-state index contributed by atoms with van der Waals surface area (Å²) in [5.41, 5.74) is 0.943. The lowest BCUT2D eigenvalue weighted by Gasteiger charge is -2.03. The standard InChI is InChI=1S/C14H24N2O4/c1-17-7-8-18-5-2-6-19-11-14-9-13(16-20-14)10-15-12-3-4-12/h9,12,15H,2-8,10-11H2,1H3. The SMILES string of the molecule is COCCOCCCOCc1cc(CNC2CC2)no1. The monoisotopic (exact) mass is 284 g/mol. The van der Waals surface area contributed by atoms with Gasteiger partial charge in [-0.1, -0.05) is 5.16 Å². The second-order valence-electron chi connectivity index (χ2n) is 4.95.